The van der Waals surface area contributed by atoms with E-state index in [0.717, 1.165) is 26.7 Å². The molecule has 5 N–H and O–H groups in total. The first kappa shape index (κ1) is 22.6. The Balaban J connectivity index is 1.26. The van der Waals surface area contributed by atoms with Gasteiger partial charge in [0.2, 0.25) is 0 Å². The molecule has 0 fully saturated rings. The summed E-state index contributed by atoms with van der Waals surface area (Å²) in [7, 11) is 0. The maximum absolute atomic E-state index is 12.2. The standard InChI is InChI=1S/C23H21N9OS2/c1-13-8-15(27-22(33)29-21-11-24-12-25-21)5-6-17(13)35-23-26-14(2)9-19(30-23)28-20-10-16(31-32-20)18-4-3-7-34-18/h3-12H,1-2H3,(H,24,25)(H2,27,29,33)(H2,26,28,30,31,32). The van der Waals surface area contributed by atoms with Gasteiger partial charge in [0.1, 0.15) is 11.6 Å². The lowest BCUT2D eigenvalue weighted by Gasteiger charge is -2.10. The lowest BCUT2D eigenvalue weighted by Crippen LogP contribution is -2.19. The number of aryl methyl sites for hydroxylation is 2. The lowest BCUT2D eigenvalue weighted by atomic mass is 10.2. The third kappa shape index (κ3) is 5.67. The van der Waals surface area contributed by atoms with Crippen LogP contribution in [-0.2, 0) is 0 Å². The number of imidazole rings is 1. The van der Waals surface area contributed by atoms with Gasteiger partial charge in [0.15, 0.2) is 11.0 Å². The number of anilines is 4. The van der Waals surface area contributed by atoms with Crippen molar-refractivity contribution in [3.05, 3.63) is 71.6 Å². The monoisotopic (exact) mass is 503 g/mol. The van der Waals surface area contributed by atoms with Gasteiger partial charge < -0.3 is 15.6 Å². The van der Waals surface area contributed by atoms with E-state index >= 15 is 0 Å². The van der Waals surface area contributed by atoms with Crippen LogP contribution in [0.2, 0.25) is 0 Å². The average molecular weight is 504 g/mol. The fourth-order valence-electron chi connectivity index (χ4n) is 3.27. The first-order valence-corrected chi connectivity index (χ1v) is 12.3. The van der Waals surface area contributed by atoms with Crippen molar-refractivity contribution in [2.45, 2.75) is 23.9 Å². The summed E-state index contributed by atoms with van der Waals surface area (Å²) in [5, 5.41) is 18.8. The fraction of sp³-hybridized carbons (Fsp3) is 0.0870. The van der Waals surface area contributed by atoms with Gasteiger partial charge in [-0.2, -0.15) is 5.10 Å². The number of hydrogen-bond donors (Lipinski definition) is 5. The second-order valence-electron chi connectivity index (χ2n) is 7.57. The zero-order valence-corrected chi connectivity index (χ0v) is 20.4. The topological polar surface area (TPSA) is 136 Å². The molecule has 0 unspecified atom stereocenters. The maximum Gasteiger partial charge on any atom is 0.324 e. The second kappa shape index (κ2) is 9.99. The molecule has 0 bridgehead atoms. The molecule has 176 valence electrons. The van der Waals surface area contributed by atoms with Crippen molar-refractivity contribution in [3.8, 4) is 10.6 Å². The molecule has 0 radical (unpaired) electrons. The summed E-state index contributed by atoms with van der Waals surface area (Å²) in [6.07, 6.45) is 3.03. The van der Waals surface area contributed by atoms with Gasteiger partial charge in [0.05, 0.1) is 23.1 Å². The molecule has 1 aromatic carbocycles. The Morgan fingerprint density at radius 1 is 1.06 bits per heavy atom. The fourth-order valence-corrected chi connectivity index (χ4v) is 4.85. The quantitative estimate of drug-likeness (QED) is 0.177. The normalized spacial score (nSPS) is 10.8. The highest BCUT2D eigenvalue weighted by atomic mass is 32.2. The van der Waals surface area contributed by atoms with Crippen LogP contribution in [0.25, 0.3) is 10.6 Å². The highest BCUT2D eigenvalue weighted by molar-refractivity contribution is 7.99. The van der Waals surface area contributed by atoms with Crippen LogP contribution in [0, 0.1) is 13.8 Å². The van der Waals surface area contributed by atoms with Gasteiger partial charge in [0, 0.05) is 28.4 Å². The van der Waals surface area contributed by atoms with E-state index in [9.17, 15) is 4.79 Å². The van der Waals surface area contributed by atoms with E-state index < -0.39 is 0 Å². The first-order chi connectivity index (χ1) is 17.0. The molecule has 0 spiro atoms. The molecule has 0 saturated carbocycles. The Labute approximate surface area is 209 Å². The summed E-state index contributed by atoms with van der Waals surface area (Å²) in [6, 6.07) is 13.2. The highest BCUT2D eigenvalue weighted by Gasteiger charge is 2.11. The Morgan fingerprint density at radius 2 is 1.97 bits per heavy atom. The number of benzene rings is 1. The predicted octanol–water partition coefficient (Wildman–Crippen LogP) is 5.81. The van der Waals surface area contributed by atoms with Gasteiger partial charge >= 0.3 is 6.03 Å². The molecule has 5 aromatic rings. The molecule has 0 aliphatic carbocycles. The number of hydrogen-bond acceptors (Lipinski definition) is 8. The van der Waals surface area contributed by atoms with E-state index in [1.165, 1.54) is 24.3 Å². The molecule has 35 heavy (non-hydrogen) atoms. The van der Waals surface area contributed by atoms with E-state index in [0.29, 0.717) is 28.3 Å². The number of carbonyl (C=O) groups excluding carboxylic acids is 1. The van der Waals surface area contributed by atoms with Gasteiger partial charge in [-0.3, -0.25) is 10.4 Å². The summed E-state index contributed by atoms with van der Waals surface area (Å²) in [5.41, 5.74) is 3.45. The number of rotatable bonds is 7. The average Bonchev–Trinajstić information content (AvgIpc) is 3.58. The number of carbonyl (C=O) groups is 1. The van der Waals surface area contributed by atoms with Crippen molar-refractivity contribution >= 4 is 52.3 Å². The van der Waals surface area contributed by atoms with Crippen LogP contribution in [-0.4, -0.2) is 36.2 Å². The molecular formula is C23H21N9OS2. The van der Waals surface area contributed by atoms with Crippen LogP contribution in [0.5, 0.6) is 0 Å². The highest BCUT2D eigenvalue weighted by Crippen LogP contribution is 2.31. The van der Waals surface area contributed by atoms with Crippen LogP contribution in [0.3, 0.4) is 0 Å². The molecule has 0 aliphatic heterocycles. The van der Waals surface area contributed by atoms with Gasteiger partial charge in [-0.1, -0.05) is 6.07 Å². The van der Waals surface area contributed by atoms with Crippen molar-refractivity contribution in [2.24, 2.45) is 0 Å². The van der Waals surface area contributed by atoms with Gasteiger partial charge in [-0.25, -0.2) is 19.7 Å². The Bertz CT molecular complexity index is 1450. The number of thiophene rings is 1. The Morgan fingerprint density at radius 3 is 2.74 bits per heavy atom. The molecule has 2 amide bonds. The second-order valence-corrected chi connectivity index (χ2v) is 9.53. The number of amides is 2. The summed E-state index contributed by atoms with van der Waals surface area (Å²) in [4.78, 5) is 30.2. The Hall–Kier alpha value is -4.16. The van der Waals surface area contributed by atoms with E-state index in [4.69, 9.17) is 0 Å². The number of aromatic amines is 2. The zero-order valence-electron chi connectivity index (χ0n) is 18.8. The summed E-state index contributed by atoms with van der Waals surface area (Å²) in [6.45, 7) is 3.90. The molecule has 4 aromatic heterocycles. The lowest BCUT2D eigenvalue weighted by molar-refractivity contribution is 0.262. The maximum atomic E-state index is 12.2. The molecule has 10 nitrogen and oxygen atoms in total. The SMILES string of the molecule is Cc1cc(Nc2cc(-c3cccs3)[nH]n2)nc(Sc2ccc(NC(=O)Nc3cnc[nH]3)cc2C)n1. The summed E-state index contributed by atoms with van der Waals surface area (Å²) < 4.78 is 0. The van der Waals surface area contributed by atoms with E-state index in [1.807, 2.05) is 61.7 Å². The molecule has 0 atom stereocenters. The molecule has 12 heteroatoms. The molecular weight excluding hydrogens is 482 g/mol. The van der Waals surface area contributed by atoms with Crippen LogP contribution in [0.1, 0.15) is 11.3 Å². The van der Waals surface area contributed by atoms with Crippen LogP contribution >= 0.6 is 23.1 Å². The van der Waals surface area contributed by atoms with Crippen molar-refractivity contribution in [2.75, 3.05) is 16.0 Å². The third-order valence-corrected chi connectivity index (χ3v) is 6.78. The third-order valence-electron chi connectivity index (χ3n) is 4.83. The summed E-state index contributed by atoms with van der Waals surface area (Å²) in [5.74, 6) is 1.86. The minimum Gasteiger partial charge on any atom is -0.331 e. The number of urea groups is 1. The number of aromatic nitrogens is 6. The van der Waals surface area contributed by atoms with Crippen LogP contribution in [0.4, 0.5) is 27.9 Å². The number of H-pyrrole nitrogens is 2. The molecule has 4 heterocycles. The molecule has 0 aliphatic rings. The smallest absolute Gasteiger partial charge is 0.324 e. The van der Waals surface area contributed by atoms with Crippen molar-refractivity contribution in [1.82, 2.24) is 30.1 Å². The minimum atomic E-state index is -0.354. The largest absolute Gasteiger partial charge is 0.331 e. The van der Waals surface area contributed by atoms with Crippen molar-refractivity contribution in [3.63, 3.8) is 0 Å². The van der Waals surface area contributed by atoms with E-state index in [-0.39, 0.29) is 6.03 Å². The van der Waals surface area contributed by atoms with E-state index in [2.05, 4.69) is 46.1 Å². The summed E-state index contributed by atoms with van der Waals surface area (Å²) >= 11 is 3.11. The van der Waals surface area contributed by atoms with Crippen LogP contribution < -0.4 is 16.0 Å². The van der Waals surface area contributed by atoms with E-state index in [1.54, 1.807) is 11.3 Å². The van der Waals surface area contributed by atoms with Gasteiger partial charge in [-0.05, 0) is 60.8 Å². The van der Waals surface area contributed by atoms with Crippen molar-refractivity contribution < 1.29 is 4.79 Å². The Kier molecular flexibility index (Phi) is 6.46. The van der Waals surface area contributed by atoms with Crippen LogP contribution in [0.15, 0.2) is 70.4 Å². The molecule has 5 rings (SSSR count). The minimum absolute atomic E-state index is 0.354. The predicted molar refractivity (Wildman–Crippen MR) is 138 cm³/mol. The van der Waals surface area contributed by atoms with Gasteiger partial charge in [-0.15, -0.1) is 11.3 Å². The zero-order chi connectivity index (χ0) is 24.2. The van der Waals surface area contributed by atoms with Crippen molar-refractivity contribution in [1.29, 1.82) is 0 Å². The number of nitrogens with zero attached hydrogens (tertiary/aromatic N) is 4. The first-order valence-electron chi connectivity index (χ1n) is 10.6. The number of nitrogens with one attached hydrogen (secondary N) is 5. The molecule has 0 saturated heterocycles. The van der Waals surface area contributed by atoms with Gasteiger partial charge in [0.25, 0.3) is 0 Å².